The third-order valence-corrected chi connectivity index (χ3v) is 3.46. The summed E-state index contributed by atoms with van der Waals surface area (Å²) >= 11 is 0. The molecule has 1 N–H and O–H groups in total. The minimum absolute atomic E-state index is 0.0506. The number of carbonyl (C=O) groups is 1. The van der Waals surface area contributed by atoms with E-state index in [0.717, 1.165) is 25.1 Å². The largest absolute Gasteiger partial charge is 0.481 e. The van der Waals surface area contributed by atoms with Crippen LogP contribution in [0.15, 0.2) is 0 Å². The van der Waals surface area contributed by atoms with E-state index in [9.17, 15) is 4.79 Å². The second-order valence-electron chi connectivity index (χ2n) is 5.10. The van der Waals surface area contributed by atoms with Gasteiger partial charge in [-0.25, -0.2) is 4.68 Å². The van der Waals surface area contributed by atoms with Crippen molar-refractivity contribution in [3.05, 3.63) is 5.82 Å². The molecule has 0 amide bonds. The van der Waals surface area contributed by atoms with Crippen molar-refractivity contribution in [3.63, 3.8) is 0 Å². The maximum atomic E-state index is 11.0. The molecule has 1 aromatic heterocycles. The fourth-order valence-electron chi connectivity index (χ4n) is 2.57. The van der Waals surface area contributed by atoms with Crippen LogP contribution < -0.4 is 0 Å². The number of aromatic nitrogens is 4. The standard InChI is InChI=1S/C12H20N4O3/c1-3-4-10(6-11(17)18)16-12(13-14-15-16)9-5-8(2)19-7-9/h8-10H,3-7H2,1-2H3,(H,17,18). The second-order valence-corrected chi connectivity index (χ2v) is 5.10. The number of nitrogens with zero attached hydrogens (tertiary/aromatic N) is 4. The van der Waals surface area contributed by atoms with E-state index in [-0.39, 0.29) is 24.5 Å². The van der Waals surface area contributed by atoms with Gasteiger partial charge in [-0.3, -0.25) is 4.79 Å². The summed E-state index contributed by atoms with van der Waals surface area (Å²) in [5, 5.41) is 20.8. The Labute approximate surface area is 111 Å². The van der Waals surface area contributed by atoms with E-state index in [2.05, 4.69) is 15.5 Å². The molecule has 1 fully saturated rings. The number of tetrazole rings is 1. The summed E-state index contributed by atoms with van der Waals surface area (Å²) in [7, 11) is 0. The SMILES string of the molecule is CCCC(CC(=O)O)n1nnnc1C1COC(C)C1. The van der Waals surface area contributed by atoms with E-state index in [0.29, 0.717) is 6.61 Å². The first-order chi connectivity index (χ1) is 9.11. The highest BCUT2D eigenvalue weighted by atomic mass is 16.5. The van der Waals surface area contributed by atoms with Crippen molar-refractivity contribution in [3.8, 4) is 0 Å². The van der Waals surface area contributed by atoms with Crippen molar-refractivity contribution in [1.29, 1.82) is 0 Å². The van der Waals surface area contributed by atoms with Gasteiger partial charge in [-0.15, -0.1) is 5.10 Å². The molecule has 0 saturated carbocycles. The first kappa shape index (κ1) is 13.9. The van der Waals surface area contributed by atoms with Gasteiger partial charge in [0, 0.05) is 5.92 Å². The Balaban J connectivity index is 2.18. The minimum atomic E-state index is -0.823. The van der Waals surface area contributed by atoms with Gasteiger partial charge in [-0.1, -0.05) is 13.3 Å². The number of ether oxygens (including phenoxy) is 1. The van der Waals surface area contributed by atoms with Crippen LogP contribution in [0.4, 0.5) is 0 Å². The number of hydrogen-bond acceptors (Lipinski definition) is 5. The summed E-state index contributed by atoms with van der Waals surface area (Å²) in [6.07, 6.45) is 2.79. The predicted molar refractivity (Wildman–Crippen MR) is 66.8 cm³/mol. The smallest absolute Gasteiger partial charge is 0.305 e. The highest BCUT2D eigenvalue weighted by Crippen LogP contribution is 2.30. The monoisotopic (exact) mass is 268 g/mol. The van der Waals surface area contributed by atoms with Gasteiger partial charge < -0.3 is 9.84 Å². The molecular formula is C12H20N4O3. The van der Waals surface area contributed by atoms with Crippen LogP contribution >= 0.6 is 0 Å². The fraction of sp³-hybridized carbons (Fsp3) is 0.833. The second kappa shape index (κ2) is 6.10. The number of rotatable bonds is 6. The molecule has 0 spiro atoms. The Bertz CT molecular complexity index is 434. The van der Waals surface area contributed by atoms with E-state index in [4.69, 9.17) is 9.84 Å². The fourth-order valence-corrected chi connectivity index (χ4v) is 2.57. The maximum Gasteiger partial charge on any atom is 0.305 e. The molecule has 0 aromatic carbocycles. The third-order valence-electron chi connectivity index (χ3n) is 3.46. The summed E-state index contributed by atoms with van der Waals surface area (Å²) in [4.78, 5) is 11.0. The number of carboxylic acids is 1. The minimum Gasteiger partial charge on any atom is -0.481 e. The van der Waals surface area contributed by atoms with E-state index in [1.54, 1.807) is 4.68 Å². The summed E-state index contributed by atoms with van der Waals surface area (Å²) < 4.78 is 7.22. The molecule has 3 atom stereocenters. The summed E-state index contributed by atoms with van der Waals surface area (Å²) in [5.74, 6) is 0.0955. The van der Waals surface area contributed by atoms with Crippen molar-refractivity contribution in [2.24, 2.45) is 0 Å². The van der Waals surface area contributed by atoms with Gasteiger partial charge in [0.1, 0.15) is 0 Å². The van der Waals surface area contributed by atoms with Crippen molar-refractivity contribution < 1.29 is 14.6 Å². The zero-order valence-electron chi connectivity index (χ0n) is 11.3. The van der Waals surface area contributed by atoms with Crippen LogP contribution in [0.1, 0.15) is 57.3 Å². The van der Waals surface area contributed by atoms with Crippen molar-refractivity contribution in [1.82, 2.24) is 20.2 Å². The molecule has 0 bridgehead atoms. The van der Waals surface area contributed by atoms with Crippen LogP contribution in [0, 0.1) is 0 Å². The summed E-state index contributed by atoms with van der Waals surface area (Å²) in [6.45, 7) is 4.65. The van der Waals surface area contributed by atoms with E-state index < -0.39 is 5.97 Å². The van der Waals surface area contributed by atoms with Crippen LogP contribution in [-0.2, 0) is 9.53 Å². The quantitative estimate of drug-likeness (QED) is 0.838. The van der Waals surface area contributed by atoms with E-state index >= 15 is 0 Å². The van der Waals surface area contributed by atoms with Crippen molar-refractivity contribution in [2.45, 2.75) is 57.6 Å². The van der Waals surface area contributed by atoms with Crippen molar-refractivity contribution in [2.75, 3.05) is 6.61 Å². The Morgan fingerprint density at radius 2 is 2.42 bits per heavy atom. The highest BCUT2D eigenvalue weighted by Gasteiger charge is 2.30. The molecule has 0 aliphatic carbocycles. The van der Waals surface area contributed by atoms with E-state index in [1.165, 1.54) is 0 Å². The molecule has 1 aromatic rings. The molecule has 1 aliphatic heterocycles. The van der Waals surface area contributed by atoms with Gasteiger partial charge in [0.25, 0.3) is 0 Å². The van der Waals surface area contributed by atoms with Crippen LogP contribution in [0.2, 0.25) is 0 Å². The molecule has 106 valence electrons. The van der Waals surface area contributed by atoms with Crippen LogP contribution in [0.3, 0.4) is 0 Å². The number of carboxylic acid groups (broad SMARTS) is 1. The molecule has 7 nitrogen and oxygen atoms in total. The molecule has 1 aliphatic rings. The molecule has 3 unspecified atom stereocenters. The summed E-state index contributed by atoms with van der Waals surface area (Å²) in [6, 6.07) is -0.177. The van der Waals surface area contributed by atoms with Gasteiger partial charge >= 0.3 is 5.97 Å². The zero-order valence-corrected chi connectivity index (χ0v) is 11.3. The topological polar surface area (TPSA) is 90.1 Å². The Hall–Kier alpha value is -1.50. The lowest BCUT2D eigenvalue weighted by Crippen LogP contribution is -2.19. The van der Waals surface area contributed by atoms with Gasteiger partial charge in [0.05, 0.1) is 25.2 Å². The zero-order chi connectivity index (χ0) is 13.8. The lowest BCUT2D eigenvalue weighted by molar-refractivity contribution is -0.138. The summed E-state index contributed by atoms with van der Waals surface area (Å²) in [5.41, 5.74) is 0. The maximum absolute atomic E-state index is 11.0. The molecule has 2 rings (SSSR count). The highest BCUT2D eigenvalue weighted by molar-refractivity contribution is 5.67. The lowest BCUT2D eigenvalue weighted by Gasteiger charge is -2.17. The Kier molecular flexibility index (Phi) is 4.47. The van der Waals surface area contributed by atoms with Crippen LogP contribution in [-0.4, -0.2) is 44.0 Å². The Morgan fingerprint density at radius 3 is 3.00 bits per heavy atom. The van der Waals surface area contributed by atoms with Crippen LogP contribution in [0.25, 0.3) is 0 Å². The normalized spacial score (nSPS) is 24.5. The average molecular weight is 268 g/mol. The Morgan fingerprint density at radius 1 is 1.63 bits per heavy atom. The van der Waals surface area contributed by atoms with Gasteiger partial charge in [-0.05, 0) is 30.2 Å². The van der Waals surface area contributed by atoms with Crippen LogP contribution in [0.5, 0.6) is 0 Å². The van der Waals surface area contributed by atoms with Gasteiger partial charge in [0.15, 0.2) is 5.82 Å². The number of hydrogen-bond donors (Lipinski definition) is 1. The first-order valence-electron chi connectivity index (χ1n) is 6.73. The molecular weight excluding hydrogens is 248 g/mol. The molecule has 0 radical (unpaired) electrons. The molecule has 2 heterocycles. The first-order valence-corrected chi connectivity index (χ1v) is 6.73. The molecule has 1 saturated heterocycles. The number of aliphatic carboxylic acids is 1. The van der Waals surface area contributed by atoms with E-state index in [1.807, 2.05) is 13.8 Å². The average Bonchev–Trinajstić information content (AvgIpc) is 2.95. The molecule has 7 heteroatoms. The van der Waals surface area contributed by atoms with Gasteiger partial charge in [0.2, 0.25) is 0 Å². The molecule has 19 heavy (non-hydrogen) atoms. The van der Waals surface area contributed by atoms with Crippen molar-refractivity contribution >= 4 is 5.97 Å². The predicted octanol–water partition coefficient (Wildman–Crippen LogP) is 1.38. The lowest BCUT2D eigenvalue weighted by atomic mass is 10.0. The van der Waals surface area contributed by atoms with Gasteiger partial charge in [-0.2, -0.15) is 0 Å². The third kappa shape index (κ3) is 3.28.